The van der Waals surface area contributed by atoms with E-state index in [1.165, 1.54) is 16.6 Å². The Morgan fingerprint density at radius 3 is 2.92 bits per heavy atom. The van der Waals surface area contributed by atoms with Crippen molar-refractivity contribution in [1.29, 1.82) is 0 Å². The van der Waals surface area contributed by atoms with Gasteiger partial charge in [-0.05, 0) is 40.0 Å². The second kappa shape index (κ2) is 7.16. The molecule has 1 aliphatic heterocycles. The second-order valence-corrected chi connectivity index (χ2v) is 7.41. The van der Waals surface area contributed by atoms with Gasteiger partial charge in [0, 0.05) is 40.6 Å². The first kappa shape index (κ1) is 17.2. The summed E-state index contributed by atoms with van der Waals surface area (Å²) in [5.74, 6) is 0.836. The van der Waals surface area contributed by atoms with Crippen molar-refractivity contribution in [3.05, 3.63) is 63.8 Å². The summed E-state index contributed by atoms with van der Waals surface area (Å²) < 4.78 is 6.87. The van der Waals surface area contributed by atoms with Crippen molar-refractivity contribution in [3.8, 4) is 5.75 Å². The number of carbonyl (C=O) groups excluding carboxylic acids is 1. The Morgan fingerprint density at radius 2 is 2.08 bits per heavy atom. The van der Waals surface area contributed by atoms with Gasteiger partial charge in [0.2, 0.25) is 0 Å². The number of benzene rings is 2. The minimum Gasteiger partial charge on any atom is -0.483 e. The van der Waals surface area contributed by atoms with Crippen LogP contribution in [0.15, 0.2) is 46.9 Å². The number of amides is 1. The number of para-hydroxylation sites is 2. The Bertz CT molecular complexity index is 964. The molecule has 0 unspecified atom stereocenters. The Hall–Kier alpha value is -2.27. The maximum absolute atomic E-state index is 12.7. The van der Waals surface area contributed by atoms with Gasteiger partial charge in [-0.1, -0.05) is 37.3 Å². The van der Waals surface area contributed by atoms with Gasteiger partial charge in [0.25, 0.3) is 5.91 Å². The molecule has 134 valence electrons. The third-order valence-electron chi connectivity index (χ3n) is 5.02. The molecule has 0 atom stereocenters. The van der Waals surface area contributed by atoms with E-state index in [1.54, 1.807) is 0 Å². The number of hydrogen-bond acceptors (Lipinski definition) is 2. The van der Waals surface area contributed by atoms with Crippen LogP contribution in [-0.2, 0) is 24.2 Å². The van der Waals surface area contributed by atoms with E-state index in [0.29, 0.717) is 6.54 Å². The first-order valence-electron chi connectivity index (χ1n) is 8.93. The molecule has 5 heteroatoms. The Kier molecular flexibility index (Phi) is 4.72. The molecule has 26 heavy (non-hydrogen) atoms. The molecule has 4 nitrogen and oxygen atoms in total. The monoisotopic (exact) mass is 412 g/mol. The molecule has 1 aromatic heterocycles. The minimum atomic E-state index is 0.0332. The summed E-state index contributed by atoms with van der Waals surface area (Å²) in [6, 6.07) is 14.1. The van der Waals surface area contributed by atoms with E-state index in [-0.39, 0.29) is 12.5 Å². The van der Waals surface area contributed by atoms with Gasteiger partial charge in [-0.15, -0.1) is 0 Å². The van der Waals surface area contributed by atoms with Crippen LogP contribution in [0.1, 0.15) is 23.7 Å². The highest BCUT2D eigenvalue weighted by atomic mass is 79.9. The summed E-state index contributed by atoms with van der Waals surface area (Å²) in [7, 11) is 0. The number of nitrogens with one attached hydrogen (secondary N) is 1. The van der Waals surface area contributed by atoms with Crippen molar-refractivity contribution < 1.29 is 9.53 Å². The summed E-state index contributed by atoms with van der Waals surface area (Å²) in [6.45, 7) is 3.52. The van der Waals surface area contributed by atoms with Gasteiger partial charge in [-0.2, -0.15) is 0 Å². The molecular weight excluding hydrogens is 392 g/mol. The van der Waals surface area contributed by atoms with E-state index >= 15 is 0 Å². The fraction of sp³-hybridized carbons (Fsp3) is 0.286. The van der Waals surface area contributed by atoms with Crippen LogP contribution in [0.25, 0.3) is 10.9 Å². The first-order valence-corrected chi connectivity index (χ1v) is 9.73. The van der Waals surface area contributed by atoms with E-state index in [9.17, 15) is 4.79 Å². The van der Waals surface area contributed by atoms with E-state index < -0.39 is 0 Å². The van der Waals surface area contributed by atoms with Gasteiger partial charge < -0.3 is 14.6 Å². The van der Waals surface area contributed by atoms with Gasteiger partial charge in [-0.3, -0.25) is 4.79 Å². The van der Waals surface area contributed by atoms with Crippen LogP contribution in [0.2, 0.25) is 0 Å². The number of ether oxygens (including phenoxy) is 1. The predicted octanol–water partition coefficient (Wildman–Crippen LogP) is 4.46. The summed E-state index contributed by atoms with van der Waals surface area (Å²) >= 11 is 3.60. The lowest BCUT2D eigenvalue weighted by Crippen LogP contribution is -2.38. The van der Waals surface area contributed by atoms with Crippen LogP contribution < -0.4 is 4.74 Å². The Morgan fingerprint density at radius 1 is 1.23 bits per heavy atom. The average molecular weight is 413 g/mol. The maximum atomic E-state index is 12.7. The Labute approximate surface area is 161 Å². The molecule has 0 spiro atoms. The van der Waals surface area contributed by atoms with E-state index in [0.717, 1.165) is 40.7 Å². The quantitative estimate of drug-likeness (QED) is 0.687. The number of aromatic nitrogens is 1. The number of halogens is 1. The smallest absolute Gasteiger partial charge is 0.260 e. The number of carbonyl (C=O) groups is 1. The van der Waals surface area contributed by atoms with E-state index in [1.807, 2.05) is 41.3 Å². The van der Waals surface area contributed by atoms with Crippen molar-refractivity contribution in [2.45, 2.75) is 26.3 Å². The van der Waals surface area contributed by atoms with Crippen LogP contribution in [0.4, 0.5) is 0 Å². The SMILES string of the molecule is CCc1ccccc1OCC(=O)N1CCc2[nH]c3c(Br)cccc3c2C1. The molecule has 0 radical (unpaired) electrons. The molecule has 3 aromatic rings. The van der Waals surface area contributed by atoms with Crippen LogP contribution in [0.5, 0.6) is 5.75 Å². The molecule has 0 saturated carbocycles. The zero-order valence-electron chi connectivity index (χ0n) is 14.7. The predicted molar refractivity (Wildman–Crippen MR) is 106 cm³/mol. The van der Waals surface area contributed by atoms with Gasteiger partial charge in [0.15, 0.2) is 6.61 Å². The Balaban J connectivity index is 1.49. The second-order valence-electron chi connectivity index (χ2n) is 6.56. The largest absolute Gasteiger partial charge is 0.483 e. The minimum absolute atomic E-state index is 0.0332. The highest BCUT2D eigenvalue weighted by Gasteiger charge is 2.24. The molecule has 0 fully saturated rings. The number of fused-ring (bicyclic) bond motifs is 3. The molecule has 0 aliphatic carbocycles. The first-order chi connectivity index (χ1) is 12.7. The zero-order chi connectivity index (χ0) is 18.1. The van der Waals surface area contributed by atoms with Crippen molar-refractivity contribution >= 4 is 32.7 Å². The topological polar surface area (TPSA) is 45.3 Å². The molecule has 2 aromatic carbocycles. The highest BCUT2D eigenvalue weighted by Crippen LogP contribution is 2.31. The van der Waals surface area contributed by atoms with E-state index in [4.69, 9.17) is 4.74 Å². The number of aromatic amines is 1. The molecule has 0 bridgehead atoms. The molecule has 0 saturated heterocycles. The van der Waals surface area contributed by atoms with Crippen LogP contribution in [0, 0.1) is 0 Å². The summed E-state index contributed by atoms with van der Waals surface area (Å²) in [5.41, 5.74) is 4.69. The number of H-pyrrole nitrogens is 1. The lowest BCUT2D eigenvalue weighted by Gasteiger charge is -2.27. The van der Waals surface area contributed by atoms with Crippen LogP contribution >= 0.6 is 15.9 Å². The lowest BCUT2D eigenvalue weighted by molar-refractivity contribution is -0.134. The van der Waals surface area contributed by atoms with Crippen molar-refractivity contribution in [2.75, 3.05) is 13.2 Å². The fourth-order valence-corrected chi connectivity index (χ4v) is 4.05. The average Bonchev–Trinajstić information content (AvgIpc) is 3.05. The van der Waals surface area contributed by atoms with Crippen LogP contribution in [0.3, 0.4) is 0 Å². The van der Waals surface area contributed by atoms with E-state index in [2.05, 4.69) is 33.9 Å². The third-order valence-corrected chi connectivity index (χ3v) is 5.68. The lowest BCUT2D eigenvalue weighted by atomic mass is 10.0. The van der Waals surface area contributed by atoms with Gasteiger partial charge >= 0.3 is 0 Å². The fourth-order valence-electron chi connectivity index (χ4n) is 3.58. The highest BCUT2D eigenvalue weighted by molar-refractivity contribution is 9.10. The van der Waals surface area contributed by atoms with Gasteiger partial charge in [0.05, 0.1) is 5.52 Å². The molecule has 1 amide bonds. The number of aryl methyl sites for hydroxylation is 1. The summed E-state index contributed by atoms with van der Waals surface area (Å²) in [4.78, 5) is 18.1. The number of rotatable bonds is 4. The maximum Gasteiger partial charge on any atom is 0.260 e. The molecule has 4 rings (SSSR count). The normalized spacial score (nSPS) is 13.7. The molecular formula is C21H21BrN2O2. The standard InChI is InChI=1S/C21H21BrN2O2/c1-2-14-6-3-4-9-19(14)26-13-20(25)24-11-10-18-16(12-24)15-7-5-8-17(22)21(15)23-18/h3-9,23H,2,10-13H2,1H3. The third kappa shape index (κ3) is 3.12. The molecule has 2 heterocycles. The number of hydrogen-bond donors (Lipinski definition) is 1. The zero-order valence-corrected chi connectivity index (χ0v) is 16.3. The van der Waals surface area contributed by atoms with Gasteiger partial charge in [0.1, 0.15) is 5.75 Å². The van der Waals surface area contributed by atoms with Crippen molar-refractivity contribution in [1.82, 2.24) is 9.88 Å². The number of nitrogens with zero attached hydrogens (tertiary/aromatic N) is 1. The van der Waals surface area contributed by atoms with Crippen molar-refractivity contribution in [2.24, 2.45) is 0 Å². The van der Waals surface area contributed by atoms with Crippen LogP contribution in [-0.4, -0.2) is 28.9 Å². The molecule has 1 N–H and O–H groups in total. The van der Waals surface area contributed by atoms with Crippen molar-refractivity contribution in [3.63, 3.8) is 0 Å². The molecule has 1 aliphatic rings. The summed E-state index contributed by atoms with van der Waals surface area (Å²) in [6.07, 6.45) is 1.73. The summed E-state index contributed by atoms with van der Waals surface area (Å²) in [5, 5.41) is 1.18. The van der Waals surface area contributed by atoms with Gasteiger partial charge in [-0.25, -0.2) is 0 Å².